The number of nitrogens with two attached hydrogens (primary N) is 1. The summed E-state index contributed by atoms with van der Waals surface area (Å²) in [6.07, 6.45) is 0.757. The van der Waals surface area contributed by atoms with E-state index >= 15 is 0 Å². The molecule has 2 atom stereocenters. The minimum absolute atomic E-state index is 0.267. The molecule has 2 amide bonds. The molecular formula is C10H19N3O4S2. The molecule has 0 aliphatic rings. The number of hydrogen-bond acceptors (Lipinski definition) is 6. The molecule has 0 aromatic heterocycles. The number of nitrogens with one attached hydrogen (secondary N) is 1. The summed E-state index contributed by atoms with van der Waals surface area (Å²) in [6, 6.07) is 0. The first-order chi connectivity index (χ1) is 8.62. The van der Waals surface area contributed by atoms with E-state index in [0.717, 1.165) is 11.8 Å². The summed E-state index contributed by atoms with van der Waals surface area (Å²) in [7, 11) is 1.39. The van der Waals surface area contributed by atoms with Gasteiger partial charge in [0.2, 0.25) is 5.91 Å². The van der Waals surface area contributed by atoms with Crippen molar-refractivity contribution in [2.45, 2.75) is 30.8 Å². The lowest BCUT2D eigenvalue weighted by Crippen LogP contribution is -2.40. The van der Waals surface area contributed by atoms with E-state index < -0.39 is 33.2 Å². The van der Waals surface area contributed by atoms with Crippen LogP contribution in [0.2, 0.25) is 0 Å². The molecule has 0 bridgehead atoms. The van der Waals surface area contributed by atoms with Crippen molar-refractivity contribution in [1.29, 1.82) is 0 Å². The van der Waals surface area contributed by atoms with Crippen molar-refractivity contribution in [3.05, 3.63) is 0 Å². The summed E-state index contributed by atoms with van der Waals surface area (Å²) in [5.74, 6) is -0.532. The smallest absolute Gasteiger partial charge is 0.433 e. The van der Waals surface area contributed by atoms with Gasteiger partial charge in [0.05, 0.1) is 11.5 Å². The fraction of sp³-hybridized carbons (Fsp3) is 0.700. The Bertz CT molecular complexity index is 372. The van der Waals surface area contributed by atoms with Crippen LogP contribution in [0.4, 0.5) is 4.79 Å². The van der Waals surface area contributed by atoms with Crippen LogP contribution in [0.15, 0.2) is 5.16 Å². The maximum atomic E-state index is 11.7. The summed E-state index contributed by atoms with van der Waals surface area (Å²) in [6.45, 7) is 4.95. The van der Waals surface area contributed by atoms with Gasteiger partial charge >= 0.3 is 6.09 Å². The number of rotatable bonds is 5. The predicted molar refractivity (Wildman–Crippen MR) is 77.4 cm³/mol. The van der Waals surface area contributed by atoms with Crippen LogP contribution < -0.4 is 11.1 Å². The van der Waals surface area contributed by atoms with Gasteiger partial charge in [-0.3, -0.25) is 9.63 Å². The zero-order chi connectivity index (χ0) is 15.2. The molecule has 0 heterocycles. The van der Waals surface area contributed by atoms with Crippen LogP contribution in [0.1, 0.15) is 20.8 Å². The Hall–Kier alpha value is -0.930. The van der Waals surface area contributed by atoms with E-state index in [0.29, 0.717) is 0 Å². The van der Waals surface area contributed by atoms with E-state index in [4.69, 9.17) is 5.73 Å². The average molecular weight is 309 g/mol. The fourth-order valence-electron chi connectivity index (χ4n) is 0.750. The highest BCUT2D eigenvalue weighted by Crippen LogP contribution is 2.28. The number of thioether (sulfide) groups is 1. The SMILES string of the molecule is CNC(=O)ON=C(SC(C)C(N)=O)C(C)(C)[S+](C)[O-]. The fourth-order valence-corrected chi connectivity index (χ4v) is 2.35. The van der Waals surface area contributed by atoms with E-state index in [1.165, 1.54) is 13.3 Å². The Kier molecular flexibility index (Phi) is 7.24. The predicted octanol–water partition coefficient (Wildman–Crippen LogP) is 0.420. The number of oxime groups is 1. The number of primary amides is 1. The lowest BCUT2D eigenvalue weighted by molar-refractivity contribution is -0.117. The largest absolute Gasteiger partial charge is 0.616 e. The second-order valence-electron chi connectivity index (χ2n) is 4.15. The van der Waals surface area contributed by atoms with Crippen LogP contribution in [0, 0.1) is 0 Å². The van der Waals surface area contributed by atoms with E-state index in [2.05, 4.69) is 15.3 Å². The van der Waals surface area contributed by atoms with E-state index in [-0.39, 0.29) is 5.04 Å². The van der Waals surface area contributed by atoms with Crippen molar-refractivity contribution in [1.82, 2.24) is 5.32 Å². The molecule has 0 saturated heterocycles. The van der Waals surface area contributed by atoms with Crippen LogP contribution in [-0.4, -0.2) is 44.9 Å². The van der Waals surface area contributed by atoms with Crippen LogP contribution >= 0.6 is 11.8 Å². The first-order valence-electron chi connectivity index (χ1n) is 5.39. The molecule has 3 N–H and O–H groups in total. The molecule has 0 saturated carbocycles. The monoisotopic (exact) mass is 309 g/mol. The van der Waals surface area contributed by atoms with Gasteiger partial charge in [-0.1, -0.05) is 16.9 Å². The molecule has 2 unspecified atom stereocenters. The molecule has 0 spiro atoms. The lowest BCUT2D eigenvalue weighted by Gasteiger charge is -2.27. The minimum Gasteiger partial charge on any atom is -0.616 e. The van der Waals surface area contributed by atoms with Crippen molar-refractivity contribution < 1.29 is 19.0 Å². The third-order valence-corrected chi connectivity index (χ3v) is 5.49. The zero-order valence-corrected chi connectivity index (χ0v) is 13.2. The highest BCUT2D eigenvalue weighted by Gasteiger charge is 2.38. The van der Waals surface area contributed by atoms with Crippen molar-refractivity contribution in [3.63, 3.8) is 0 Å². The van der Waals surface area contributed by atoms with Gasteiger partial charge in [-0.15, -0.1) is 0 Å². The van der Waals surface area contributed by atoms with Crippen molar-refractivity contribution >= 4 is 40.0 Å². The first kappa shape index (κ1) is 18.1. The third kappa shape index (κ3) is 5.70. The summed E-state index contributed by atoms with van der Waals surface area (Å²) in [4.78, 5) is 26.7. The molecule has 0 aliphatic heterocycles. The van der Waals surface area contributed by atoms with Gasteiger partial charge in [0.1, 0.15) is 0 Å². The molecule has 19 heavy (non-hydrogen) atoms. The average Bonchev–Trinajstić information content (AvgIpc) is 2.32. The molecule has 0 aromatic carbocycles. The molecule has 0 rings (SSSR count). The molecule has 0 radical (unpaired) electrons. The van der Waals surface area contributed by atoms with Crippen LogP contribution in [0.3, 0.4) is 0 Å². The van der Waals surface area contributed by atoms with Gasteiger partial charge in [0.15, 0.2) is 9.79 Å². The highest BCUT2D eigenvalue weighted by atomic mass is 32.2. The number of carbonyl (C=O) groups is 2. The van der Waals surface area contributed by atoms with Gasteiger partial charge in [-0.2, -0.15) is 0 Å². The van der Waals surface area contributed by atoms with Crippen molar-refractivity contribution in [2.75, 3.05) is 13.3 Å². The Morgan fingerprint density at radius 3 is 2.42 bits per heavy atom. The molecule has 0 aromatic rings. The molecule has 7 nitrogen and oxygen atoms in total. The summed E-state index contributed by atoms with van der Waals surface area (Å²) < 4.78 is 10.9. The van der Waals surface area contributed by atoms with Crippen LogP contribution in [-0.2, 0) is 20.8 Å². The molecule has 0 fully saturated rings. The Morgan fingerprint density at radius 2 is 2.05 bits per heavy atom. The number of nitrogens with zero attached hydrogens (tertiary/aromatic N) is 1. The summed E-state index contributed by atoms with van der Waals surface area (Å²) >= 11 is -0.250. The standard InChI is InChI=1S/C10H19N3O4S2/c1-6(7(11)14)18-8(10(2,3)19(5)16)13-17-9(15)12-4/h6H,1-5H3,(H2,11,14)(H,12,15). The quantitative estimate of drug-likeness (QED) is 0.251. The Labute approximate surface area is 119 Å². The summed E-state index contributed by atoms with van der Waals surface area (Å²) in [5, 5.41) is 5.60. The zero-order valence-electron chi connectivity index (χ0n) is 11.6. The van der Waals surface area contributed by atoms with Gasteiger partial charge in [0.25, 0.3) is 0 Å². The Morgan fingerprint density at radius 1 is 1.53 bits per heavy atom. The van der Waals surface area contributed by atoms with Gasteiger partial charge in [0, 0.05) is 7.05 Å². The minimum atomic E-state index is -1.27. The highest BCUT2D eigenvalue weighted by molar-refractivity contribution is 8.16. The van der Waals surface area contributed by atoms with E-state index in [1.807, 2.05) is 0 Å². The van der Waals surface area contributed by atoms with Crippen LogP contribution in [0.25, 0.3) is 0 Å². The van der Waals surface area contributed by atoms with Crippen LogP contribution in [0.5, 0.6) is 0 Å². The van der Waals surface area contributed by atoms with Crippen molar-refractivity contribution in [3.8, 4) is 0 Å². The van der Waals surface area contributed by atoms with Crippen molar-refractivity contribution in [2.24, 2.45) is 10.9 Å². The summed E-state index contributed by atoms with van der Waals surface area (Å²) in [5.41, 5.74) is 5.18. The third-order valence-electron chi connectivity index (χ3n) is 2.34. The normalized spacial score (nSPS) is 15.6. The first-order valence-corrected chi connectivity index (χ1v) is 7.83. The second-order valence-corrected chi connectivity index (χ2v) is 7.41. The van der Waals surface area contributed by atoms with Gasteiger partial charge in [-0.05, 0) is 31.9 Å². The van der Waals surface area contributed by atoms with Gasteiger partial charge in [-0.25, -0.2) is 4.79 Å². The number of carbonyl (C=O) groups excluding carboxylic acids is 2. The maximum Gasteiger partial charge on any atom is 0.433 e. The Balaban J connectivity index is 5.14. The molecule has 0 aliphatic carbocycles. The number of hydrogen-bond donors (Lipinski definition) is 2. The van der Waals surface area contributed by atoms with E-state index in [9.17, 15) is 14.1 Å². The number of amides is 2. The molecule has 110 valence electrons. The topological polar surface area (TPSA) is 117 Å². The molecular weight excluding hydrogens is 290 g/mol. The van der Waals surface area contributed by atoms with E-state index in [1.54, 1.807) is 20.8 Å². The maximum absolute atomic E-state index is 11.7. The lowest BCUT2D eigenvalue weighted by atomic mass is 10.2. The van der Waals surface area contributed by atoms with Gasteiger partial charge < -0.3 is 15.6 Å². The molecule has 9 heteroatoms. The second kappa shape index (κ2) is 7.61.